The number of nitrogens with zero attached hydrogens (tertiary/aromatic N) is 3. The van der Waals surface area contributed by atoms with Gasteiger partial charge in [0.2, 0.25) is 0 Å². The molecule has 0 radical (unpaired) electrons. The van der Waals surface area contributed by atoms with Crippen molar-refractivity contribution >= 4 is 5.69 Å². The van der Waals surface area contributed by atoms with E-state index >= 15 is 0 Å². The summed E-state index contributed by atoms with van der Waals surface area (Å²) in [5.74, 6) is 0.735. The molecule has 0 unspecified atom stereocenters. The fourth-order valence-electron chi connectivity index (χ4n) is 1.13. The quantitative estimate of drug-likeness (QED) is 0.712. The van der Waals surface area contributed by atoms with Gasteiger partial charge in [0.05, 0.1) is 18.1 Å². The highest BCUT2D eigenvalue weighted by Gasteiger charge is 1.99. The average Bonchev–Trinajstić information content (AvgIpc) is 2.65. The van der Waals surface area contributed by atoms with Crippen LogP contribution in [0.4, 0.5) is 5.69 Å². The van der Waals surface area contributed by atoms with Crippen LogP contribution >= 0.6 is 0 Å². The van der Waals surface area contributed by atoms with Gasteiger partial charge in [-0.05, 0) is 11.6 Å². The molecule has 0 aliphatic rings. The van der Waals surface area contributed by atoms with Crippen LogP contribution in [0.2, 0.25) is 0 Å². The van der Waals surface area contributed by atoms with Gasteiger partial charge in [-0.1, -0.05) is 6.07 Å². The molecule has 4 N–H and O–H groups in total. The first-order chi connectivity index (χ1) is 6.79. The van der Waals surface area contributed by atoms with Crippen molar-refractivity contribution in [3.63, 3.8) is 0 Å². The van der Waals surface area contributed by atoms with Gasteiger partial charge < -0.3 is 11.5 Å². The molecule has 5 nitrogen and oxygen atoms in total. The second kappa shape index (κ2) is 3.47. The lowest BCUT2D eigenvalue weighted by Crippen LogP contribution is -2.01. The molecule has 14 heavy (non-hydrogen) atoms. The second-order valence-electron chi connectivity index (χ2n) is 2.95. The highest BCUT2D eigenvalue weighted by molar-refractivity contribution is 5.35. The molecule has 0 saturated carbocycles. The van der Waals surface area contributed by atoms with E-state index in [1.165, 1.54) is 0 Å². The number of nitrogens with two attached hydrogens (primary N) is 2. The van der Waals surface area contributed by atoms with Crippen LogP contribution < -0.4 is 11.5 Å². The van der Waals surface area contributed by atoms with Gasteiger partial charge in [0.25, 0.3) is 0 Å². The van der Waals surface area contributed by atoms with Crippen LogP contribution in [0.1, 0.15) is 5.56 Å². The Morgan fingerprint density at radius 3 is 2.64 bits per heavy atom. The molecule has 2 heterocycles. The third-order valence-electron chi connectivity index (χ3n) is 1.88. The van der Waals surface area contributed by atoms with E-state index in [1.807, 2.05) is 12.1 Å². The van der Waals surface area contributed by atoms with Crippen molar-refractivity contribution in [3.8, 4) is 5.82 Å². The molecule has 0 aliphatic heterocycles. The van der Waals surface area contributed by atoms with Crippen molar-refractivity contribution in [3.05, 3.63) is 36.3 Å². The monoisotopic (exact) mass is 189 g/mol. The molecule has 0 saturated heterocycles. The summed E-state index contributed by atoms with van der Waals surface area (Å²) in [6.45, 7) is 0.495. The Labute approximate surface area is 81.4 Å². The molecule has 0 atom stereocenters. The summed E-state index contributed by atoms with van der Waals surface area (Å²) < 4.78 is 1.62. The molecule has 0 bridgehead atoms. The molecule has 2 aromatic heterocycles. The van der Waals surface area contributed by atoms with Crippen LogP contribution in [0.3, 0.4) is 0 Å². The van der Waals surface area contributed by atoms with E-state index in [-0.39, 0.29) is 0 Å². The molecular formula is C9H11N5. The van der Waals surface area contributed by atoms with E-state index in [1.54, 1.807) is 23.3 Å². The van der Waals surface area contributed by atoms with Gasteiger partial charge in [-0.3, -0.25) is 0 Å². The minimum absolute atomic E-state index is 0.495. The Bertz CT molecular complexity index is 417. The van der Waals surface area contributed by atoms with Gasteiger partial charge >= 0.3 is 0 Å². The van der Waals surface area contributed by atoms with Crippen molar-refractivity contribution in [2.75, 3.05) is 5.73 Å². The van der Waals surface area contributed by atoms with Crippen LogP contribution in [0.25, 0.3) is 5.82 Å². The molecule has 72 valence electrons. The lowest BCUT2D eigenvalue weighted by Gasteiger charge is -2.00. The van der Waals surface area contributed by atoms with Gasteiger partial charge in [-0.2, -0.15) is 5.10 Å². The molecule has 5 heteroatoms. The topological polar surface area (TPSA) is 82.8 Å². The lowest BCUT2D eigenvalue weighted by molar-refractivity contribution is 0.842. The predicted octanol–water partition coefficient (Wildman–Crippen LogP) is 0.308. The Hall–Kier alpha value is -1.88. The number of hydrogen-bond donors (Lipinski definition) is 2. The van der Waals surface area contributed by atoms with Gasteiger partial charge in [0.1, 0.15) is 0 Å². The number of anilines is 1. The van der Waals surface area contributed by atoms with E-state index in [4.69, 9.17) is 11.5 Å². The summed E-state index contributed by atoms with van der Waals surface area (Å²) in [7, 11) is 0. The highest BCUT2D eigenvalue weighted by Crippen LogP contribution is 2.07. The summed E-state index contributed by atoms with van der Waals surface area (Å²) >= 11 is 0. The summed E-state index contributed by atoms with van der Waals surface area (Å²) in [4.78, 5) is 4.20. The molecule has 0 aromatic carbocycles. The number of pyridine rings is 1. The number of nitrogen functional groups attached to an aromatic ring is 1. The van der Waals surface area contributed by atoms with Crippen molar-refractivity contribution in [1.29, 1.82) is 0 Å². The standard InChI is InChI=1S/C9H11N5/c10-3-7-1-2-9(12-4-7)14-6-8(11)5-13-14/h1-2,4-6H,3,10-11H2. The van der Waals surface area contributed by atoms with Crippen LogP contribution in [-0.2, 0) is 6.54 Å². The summed E-state index contributed by atoms with van der Waals surface area (Å²) in [6.07, 6.45) is 5.02. The van der Waals surface area contributed by atoms with E-state index in [2.05, 4.69) is 10.1 Å². The zero-order valence-electron chi connectivity index (χ0n) is 7.59. The molecule has 0 amide bonds. The first-order valence-electron chi connectivity index (χ1n) is 4.25. The Balaban J connectivity index is 2.33. The van der Waals surface area contributed by atoms with Crippen molar-refractivity contribution < 1.29 is 0 Å². The SMILES string of the molecule is NCc1ccc(-n2cc(N)cn2)nc1. The fraction of sp³-hybridized carbons (Fsp3) is 0.111. The highest BCUT2D eigenvalue weighted by atomic mass is 15.3. The first-order valence-corrected chi connectivity index (χ1v) is 4.25. The maximum absolute atomic E-state index is 5.54. The second-order valence-corrected chi connectivity index (χ2v) is 2.95. The zero-order chi connectivity index (χ0) is 9.97. The minimum atomic E-state index is 0.495. The van der Waals surface area contributed by atoms with Crippen molar-refractivity contribution in [1.82, 2.24) is 14.8 Å². The number of rotatable bonds is 2. The molecule has 2 aromatic rings. The third-order valence-corrected chi connectivity index (χ3v) is 1.88. The van der Waals surface area contributed by atoms with E-state index < -0.39 is 0 Å². The van der Waals surface area contributed by atoms with Gasteiger partial charge in [-0.15, -0.1) is 0 Å². The van der Waals surface area contributed by atoms with Crippen LogP contribution in [-0.4, -0.2) is 14.8 Å². The summed E-state index contributed by atoms with van der Waals surface area (Å²) in [6, 6.07) is 3.77. The molecule has 0 aliphatic carbocycles. The third kappa shape index (κ3) is 1.57. The zero-order valence-corrected chi connectivity index (χ0v) is 7.59. The van der Waals surface area contributed by atoms with Gasteiger partial charge in [0.15, 0.2) is 5.82 Å². The predicted molar refractivity (Wildman–Crippen MR) is 53.7 cm³/mol. The Kier molecular flexibility index (Phi) is 2.16. The smallest absolute Gasteiger partial charge is 0.153 e. The summed E-state index contributed by atoms with van der Waals surface area (Å²) in [5, 5.41) is 4.04. The fourth-order valence-corrected chi connectivity index (χ4v) is 1.13. The molecule has 2 rings (SSSR count). The maximum atomic E-state index is 5.54. The Morgan fingerprint density at radius 2 is 2.14 bits per heavy atom. The van der Waals surface area contributed by atoms with Gasteiger partial charge in [0, 0.05) is 12.7 Å². The number of hydrogen-bond acceptors (Lipinski definition) is 4. The Morgan fingerprint density at radius 1 is 1.29 bits per heavy atom. The first kappa shape index (κ1) is 8.71. The van der Waals surface area contributed by atoms with Crippen LogP contribution in [0, 0.1) is 0 Å². The largest absolute Gasteiger partial charge is 0.396 e. The number of aromatic nitrogens is 3. The molecular weight excluding hydrogens is 178 g/mol. The van der Waals surface area contributed by atoms with Crippen LogP contribution in [0.5, 0.6) is 0 Å². The van der Waals surface area contributed by atoms with E-state index in [0.717, 1.165) is 11.4 Å². The normalized spacial score (nSPS) is 10.4. The van der Waals surface area contributed by atoms with Gasteiger partial charge in [-0.25, -0.2) is 9.67 Å². The molecule has 0 spiro atoms. The maximum Gasteiger partial charge on any atom is 0.153 e. The average molecular weight is 189 g/mol. The van der Waals surface area contributed by atoms with E-state index in [9.17, 15) is 0 Å². The van der Waals surface area contributed by atoms with Crippen molar-refractivity contribution in [2.24, 2.45) is 5.73 Å². The lowest BCUT2D eigenvalue weighted by atomic mass is 10.3. The minimum Gasteiger partial charge on any atom is -0.396 e. The van der Waals surface area contributed by atoms with Crippen LogP contribution in [0.15, 0.2) is 30.7 Å². The van der Waals surface area contributed by atoms with E-state index in [0.29, 0.717) is 12.2 Å². The van der Waals surface area contributed by atoms with Crippen molar-refractivity contribution in [2.45, 2.75) is 6.54 Å². The summed E-state index contributed by atoms with van der Waals surface area (Å²) in [5.41, 5.74) is 12.6. The molecule has 0 fully saturated rings.